The lowest BCUT2D eigenvalue weighted by atomic mass is 10.2. The van der Waals surface area contributed by atoms with Crippen molar-refractivity contribution in [3.63, 3.8) is 0 Å². The summed E-state index contributed by atoms with van der Waals surface area (Å²) in [6.45, 7) is 0. The molecule has 0 saturated heterocycles. The molecule has 0 N–H and O–H groups in total. The van der Waals surface area contributed by atoms with E-state index >= 15 is 0 Å². The maximum absolute atomic E-state index is 4.84. The number of hydrogen-bond acceptors (Lipinski definition) is 3. The normalized spacial score (nSPS) is 10.9. The second kappa shape index (κ2) is 5.66. The number of hydrogen-bond donors (Lipinski definition) is 0. The molecule has 106 valence electrons. The Morgan fingerprint density at radius 3 is 2.55 bits per heavy atom. The average molecular weight is 303 g/mol. The maximum Gasteiger partial charge on any atom is 0.178 e. The third-order valence-electron chi connectivity index (χ3n) is 3.40. The summed E-state index contributed by atoms with van der Waals surface area (Å²) in [5.74, 6) is 0. The Balaban J connectivity index is 1.86. The highest BCUT2D eigenvalue weighted by Crippen LogP contribution is 2.32. The number of rotatable bonds is 3. The average Bonchev–Trinajstić information content (AvgIpc) is 2.96. The standard InChI is InChI=1S/C18H13N3S/c1-2-8-15(9-3-1)22-18-20-17(14-7-6-11-19-13-14)16-10-4-5-12-21(16)18/h1-13H. The van der Waals surface area contributed by atoms with Crippen LogP contribution in [0.15, 0.2) is 89.3 Å². The van der Waals surface area contributed by atoms with E-state index in [0.717, 1.165) is 21.9 Å². The molecule has 3 aromatic heterocycles. The molecule has 4 heteroatoms. The van der Waals surface area contributed by atoms with Crippen molar-refractivity contribution >= 4 is 17.3 Å². The second-order valence-corrected chi connectivity index (χ2v) is 5.90. The first-order valence-electron chi connectivity index (χ1n) is 7.02. The maximum atomic E-state index is 4.84. The minimum atomic E-state index is 0.959. The van der Waals surface area contributed by atoms with E-state index in [0.29, 0.717) is 0 Å². The van der Waals surface area contributed by atoms with Crippen LogP contribution >= 0.6 is 11.8 Å². The fraction of sp³-hybridized carbons (Fsp3) is 0. The van der Waals surface area contributed by atoms with Gasteiger partial charge < -0.3 is 0 Å². The van der Waals surface area contributed by atoms with Crippen LogP contribution in [0.25, 0.3) is 16.8 Å². The molecule has 0 unspecified atom stereocenters. The van der Waals surface area contributed by atoms with Crippen LogP contribution in [0.3, 0.4) is 0 Å². The second-order valence-electron chi connectivity index (χ2n) is 4.86. The molecule has 0 bridgehead atoms. The zero-order valence-corrected chi connectivity index (χ0v) is 12.6. The summed E-state index contributed by atoms with van der Waals surface area (Å²) in [6, 6.07) is 20.4. The van der Waals surface area contributed by atoms with E-state index in [1.165, 1.54) is 4.90 Å². The Hall–Kier alpha value is -2.59. The van der Waals surface area contributed by atoms with Gasteiger partial charge in [0, 0.05) is 29.0 Å². The molecule has 0 atom stereocenters. The third-order valence-corrected chi connectivity index (χ3v) is 4.38. The lowest BCUT2D eigenvalue weighted by Gasteiger charge is -2.00. The van der Waals surface area contributed by atoms with Gasteiger partial charge in [-0.15, -0.1) is 0 Å². The van der Waals surface area contributed by atoms with Crippen LogP contribution in [0.4, 0.5) is 0 Å². The molecule has 1 aromatic carbocycles. The van der Waals surface area contributed by atoms with Crippen molar-refractivity contribution < 1.29 is 0 Å². The molecule has 0 aliphatic rings. The van der Waals surface area contributed by atoms with Crippen LogP contribution in [0.5, 0.6) is 0 Å². The zero-order chi connectivity index (χ0) is 14.8. The van der Waals surface area contributed by atoms with Crippen LogP contribution in [-0.2, 0) is 0 Å². The molecule has 0 aliphatic carbocycles. The summed E-state index contributed by atoms with van der Waals surface area (Å²) < 4.78 is 2.12. The molecule has 3 nitrogen and oxygen atoms in total. The Morgan fingerprint density at radius 2 is 1.73 bits per heavy atom. The quantitative estimate of drug-likeness (QED) is 0.556. The fourth-order valence-electron chi connectivity index (χ4n) is 2.39. The molecule has 0 aliphatic heterocycles. The van der Waals surface area contributed by atoms with Crippen molar-refractivity contribution in [1.82, 2.24) is 14.4 Å². The molecule has 3 heterocycles. The van der Waals surface area contributed by atoms with Gasteiger partial charge >= 0.3 is 0 Å². The lowest BCUT2D eigenvalue weighted by Crippen LogP contribution is -1.85. The summed E-state index contributed by atoms with van der Waals surface area (Å²) >= 11 is 1.66. The molecule has 0 fully saturated rings. The monoisotopic (exact) mass is 303 g/mol. The van der Waals surface area contributed by atoms with Crippen molar-refractivity contribution in [3.8, 4) is 11.3 Å². The van der Waals surface area contributed by atoms with Gasteiger partial charge in [-0.3, -0.25) is 9.38 Å². The number of aromatic nitrogens is 3. The van der Waals surface area contributed by atoms with E-state index in [2.05, 4.69) is 27.6 Å². The van der Waals surface area contributed by atoms with Gasteiger partial charge in [0.2, 0.25) is 0 Å². The van der Waals surface area contributed by atoms with Gasteiger partial charge in [-0.2, -0.15) is 0 Å². The number of imidazole rings is 1. The fourth-order valence-corrected chi connectivity index (χ4v) is 3.29. The van der Waals surface area contributed by atoms with Crippen LogP contribution in [0.1, 0.15) is 0 Å². The minimum Gasteiger partial charge on any atom is -0.294 e. The molecule has 0 saturated carbocycles. The Labute approximate surface area is 132 Å². The largest absolute Gasteiger partial charge is 0.294 e. The first-order valence-corrected chi connectivity index (χ1v) is 7.84. The smallest absolute Gasteiger partial charge is 0.178 e. The highest BCUT2D eigenvalue weighted by molar-refractivity contribution is 7.99. The molecular weight excluding hydrogens is 290 g/mol. The van der Waals surface area contributed by atoms with Crippen molar-refractivity contribution in [2.24, 2.45) is 0 Å². The van der Waals surface area contributed by atoms with Gasteiger partial charge in [-0.1, -0.05) is 36.0 Å². The Bertz CT molecular complexity index is 901. The molecule has 22 heavy (non-hydrogen) atoms. The van der Waals surface area contributed by atoms with Crippen molar-refractivity contribution in [2.75, 3.05) is 0 Å². The summed E-state index contributed by atoms with van der Waals surface area (Å²) in [6.07, 6.45) is 5.68. The van der Waals surface area contributed by atoms with Crippen LogP contribution in [0, 0.1) is 0 Å². The minimum absolute atomic E-state index is 0.959. The van der Waals surface area contributed by atoms with Gasteiger partial charge in [0.1, 0.15) is 0 Å². The first kappa shape index (κ1) is 13.1. The first-order chi connectivity index (χ1) is 10.9. The molecule has 0 radical (unpaired) electrons. The lowest BCUT2D eigenvalue weighted by molar-refractivity contribution is 0.959. The van der Waals surface area contributed by atoms with E-state index in [1.807, 2.05) is 54.9 Å². The van der Waals surface area contributed by atoms with Gasteiger partial charge in [-0.25, -0.2) is 4.98 Å². The molecular formula is C18H13N3S. The SMILES string of the molecule is c1ccc(Sc2nc(-c3cccnc3)c3ccccn23)cc1. The van der Waals surface area contributed by atoms with Crippen LogP contribution in [-0.4, -0.2) is 14.4 Å². The van der Waals surface area contributed by atoms with Crippen molar-refractivity contribution in [3.05, 3.63) is 79.3 Å². The topological polar surface area (TPSA) is 30.2 Å². The summed E-state index contributed by atoms with van der Waals surface area (Å²) in [5, 5.41) is 0.959. The summed E-state index contributed by atoms with van der Waals surface area (Å²) in [7, 11) is 0. The number of benzene rings is 1. The van der Waals surface area contributed by atoms with Gasteiger partial charge in [-0.05, 0) is 36.4 Å². The predicted octanol–water partition coefficient (Wildman–Crippen LogP) is 4.55. The molecule has 4 rings (SSSR count). The highest BCUT2D eigenvalue weighted by Gasteiger charge is 2.13. The van der Waals surface area contributed by atoms with Gasteiger partial charge in [0.15, 0.2) is 5.16 Å². The van der Waals surface area contributed by atoms with Crippen molar-refractivity contribution in [2.45, 2.75) is 10.1 Å². The third kappa shape index (κ3) is 2.38. The van der Waals surface area contributed by atoms with E-state index < -0.39 is 0 Å². The Morgan fingerprint density at radius 1 is 0.864 bits per heavy atom. The predicted molar refractivity (Wildman–Crippen MR) is 89.0 cm³/mol. The zero-order valence-electron chi connectivity index (χ0n) is 11.8. The van der Waals surface area contributed by atoms with Gasteiger partial charge in [0.25, 0.3) is 0 Å². The number of pyridine rings is 2. The highest BCUT2D eigenvalue weighted by atomic mass is 32.2. The van der Waals surface area contributed by atoms with E-state index in [-0.39, 0.29) is 0 Å². The number of nitrogens with zero attached hydrogens (tertiary/aromatic N) is 3. The van der Waals surface area contributed by atoms with E-state index in [1.54, 1.807) is 18.0 Å². The van der Waals surface area contributed by atoms with Gasteiger partial charge in [0.05, 0.1) is 11.2 Å². The van der Waals surface area contributed by atoms with Crippen LogP contribution in [0.2, 0.25) is 0 Å². The summed E-state index contributed by atoms with van der Waals surface area (Å²) in [5.41, 5.74) is 3.09. The van der Waals surface area contributed by atoms with E-state index in [4.69, 9.17) is 4.98 Å². The molecule has 0 spiro atoms. The number of fused-ring (bicyclic) bond motifs is 1. The Kier molecular flexibility index (Phi) is 3.37. The molecule has 0 amide bonds. The van der Waals surface area contributed by atoms with E-state index in [9.17, 15) is 0 Å². The molecule has 4 aromatic rings. The van der Waals surface area contributed by atoms with Crippen LogP contribution < -0.4 is 0 Å². The summed E-state index contributed by atoms with van der Waals surface area (Å²) in [4.78, 5) is 10.2. The van der Waals surface area contributed by atoms with Crippen molar-refractivity contribution in [1.29, 1.82) is 0 Å².